The minimum Gasteiger partial charge on any atom is -0.493 e. The van der Waals surface area contributed by atoms with Gasteiger partial charge in [0.2, 0.25) is 0 Å². The molecular weight excluding hydrogens is 309 g/mol. The van der Waals surface area contributed by atoms with E-state index in [9.17, 15) is 9.18 Å². The third-order valence-corrected chi connectivity index (χ3v) is 3.58. The Morgan fingerprint density at radius 3 is 2.58 bits per heavy atom. The van der Waals surface area contributed by atoms with E-state index < -0.39 is 0 Å². The first-order valence-corrected chi connectivity index (χ1v) is 7.48. The van der Waals surface area contributed by atoms with Crippen molar-refractivity contribution in [2.75, 3.05) is 14.2 Å². The predicted octanol–water partition coefficient (Wildman–Crippen LogP) is 3.50. The van der Waals surface area contributed by atoms with Crippen molar-refractivity contribution >= 4 is 5.91 Å². The Morgan fingerprint density at radius 1 is 1.21 bits per heavy atom. The van der Waals surface area contributed by atoms with Crippen LogP contribution in [0, 0.1) is 5.82 Å². The standard InChI is InChI=1S/C19H20FNO3/c1-4-7-13-10-15(11-17(23-2)18(13)24-3)19(22)21-12-14-8-5-6-9-16(14)20/h4-6,8-11H,1,7,12H2,2-3H3,(H,21,22). The minimum atomic E-state index is -0.350. The molecule has 0 atom stereocenters. The molecule has 2 rings (SSSR count). The van der Waals surface area contributed by atoms with Crippen molar-refractivity contribution < 1.29 is 18.7 Å². The largest absolute Gasteiger partial charge is 0.493 e. The number of amides is 1. The Hall–Kier alpha value is -2.82. The number of halogens is 1. The maximum Gasteiger partial charge on any atom is 0.251 e. The molecule has 0 aliphatic heterocycles. The summed E-state index contributed by atoms with van der Waals surface area (Å²) in [7, 11) is 3.05. The van der Waals surface area contributed by atoms with Gasteiger partial charge in [0.25, 0.3) is 5.91 Å². The summed E-state index contributed by atoms with van der Waals surface area (Å²) in [6, 6.07) is 9.65. The zero-order valence-corrected chi connectivity index (χ0v) is 13.8. The van der Waals surface area contributed by atoms with E-state index in [0.717, 1.165) is 5.56 Å². The summed E-state index contributed by atoms with van der Waals surface area (Å²) in [5.41, 5.74) is 1.64. The molecule has 0 radical (unpaired) electrons. The fourth-order valence-corrected chi connectivity index (χ4v) is 2.40. The minimum absolute atomic E-state index is 0.108. The molecule has 0 unspecified atom stereocenters. The summed E-state index contributed by atoms with van der Waals surface area (Å²) in [5, 5.41) is 2.71. The van der Waals surface area contributed by atoms with Gasteiger partial charge in [0, 0.05) is 23.2 Å². The summed E-state index contributed by atoms with van der Waals surface area (Å²) < 4.78 is 24.3. The van der Waals surface area contributed by atoms with Crippen LogP contribution in [-0.2, 0) is 13.0 Å². The van der Waals surface area contributed by atoms with Gasteiger partial charge in [-0.05, 0) is 24.6 Å². The number of hydrogen-bond donors (Lipinski definition) is 1. The molecule has 0 saturated heterocycles. The zero-order valence-electron chi connectivity index (χ0n) is 13.8. The van der Waals surface area contributed by atoms with E-state index in [4.69, 9.17) is 9.47 Å². The number of carbonyl (C=O) groups excluding carboxylic acids is 1. The monoisotopic (exact) mass is 329 g/mol. The van der Waals surface area contributed by atoms with Crippen molar-refractivity contribution in [3.05, 3.63) is 71.6 Å². The molecule has 0 spiro atoms. The van der Waals surface area contributed by atoms with E-state index in [1.807, 2.05) is 0 Å². The Labute approximate surface area is 140 Å². The van der Waals surface area contributed by atoms with Crippen molar-refractivity contribution in [2.45, 2.75) is 13.0 Å². The van der Waals surface area contributed by atoms with Crippen molar-refractivity contribution in [2.24, 2.45) is 0 Å². The third-order valence-electron chi connectivity index (χ3n) is 3.58. The van der Waals surface area contributed by atoms with Gasteiger partial charge in [-0.1, -0.05) is 24.3 Å². The number of benzene rings is 2. The number of allylic oxidation sites excluding steroid dienone is 1. The average Bonchev–Trinajstić information content (AvgIpc) is 2.60. The molecule has 1 amide bonds. The van der Waals surface area contributed by atoms with Gasteiger partial charge < -0.3 is 14.8 Å². The molecule has 0 heterocycles. The molecule has 0 aromatic heterocycles. The lowest BCUT2D eigenvalue weighted by atomic mass is 10.0. The number of methoxy groups -OCH3 is 2. The highest BCUT2D eigenvalue weighted by Gasteiger charge is 2.15. The molecule has 4 nitrogen and oxygen atoms in total. The third kappa shape index (κ3) is 3.93. The van der Waals surface area contributed by atoms with E-state index >= 15 is 0 Å². The molecule has 126 valence electrons. The summed E-state index contributed by atoms with van der Waals surface area (Å²) in [4.78, 5) is 12.4. The van der Waals surface area contributed by atoms with Crippen LogP contribution in [0.1, 0.15) is 21.5 Å². The second kappa shape index (κ2) is 8.15. The van der Waals surface area contributed by atoms with Crippen LogP contribution >= 0.6 is 0 Å². The van der Waals surface area contributed by atoms with Crippen LogP contribution in [0.25, 0.3) is 0 Å². The highest BCUT2D eigenvalue weighted by molar-refractivity contribution is 5.95. The molecule has 1 N–H and O–H groups in total. The van der Waals surface area contributed by atoms with E-state index in [-0.39, 0.29) is 18.3 Å². The van der Waals surface area contributed by atoms with Gasteiger partial charge in [0.1, 0.15) is 5.82 Å². The number of rotatable bonds is 7. The SMILES string of the molecule is C=CCc1cc(C(=O)NCc2ccccc2F)cc(OC)c1OC. The van der Waals surface area contributed by atoms with Crippen molar-refractivity contribution in [1.82, 2.24) is 5.32 Å². The molecule has 2 aromatic carbocycles. The Bertz CT molecular complexity index is 743. The smallest absolute Gasteiger partial charge is 0.251 e. The van der Waals surface area contributed by atoms with Crippen molar-refractivity contribution in [3.8, 4) is 11.5 Å². The Morgan fingerprint density at radius 2 is 1.96 bits per heavy atom. The molecular formula is C19H20FNO3. The first kappa shape index (κ1) is 17.5. The van der Waals surface area contributed by atoms with Gasteiger partial charge in [-0.2, -0.15) is 0 Å². The van der Waals surface area contributed by atoms with E-state index in [0.29, 0.717) is 29.0 Å². The average molecular weight is 329 g/mol. The number of hydrogen-bond acceptors (Lipinski definition) is 3. The first-order valence-electron chi connectivity index (χ1n) is 7.48. The van der Waals surface area contributed by atoms with Crippen LogP contribution in [0.2, 0.25) is 0 Å². The summed E-state index contributed by atoms with van der Waals surface area (Å²) in [6.07, 6.45) is 2.26. The molecule has 2 aromatic rings. The number of carbonyl (C=O) groups is 1. The van der Waals surface area contributed by atoms with Gasteiger partial charge in [-0.25, -0.2) is 4.39 Å². The maximum atomic E-state index is 13.6. The van der Waals surface area contributed by atoms with Gasteiger partial charge in [-0.15, -0.1) is 6.58 Å². The number of ether oxygens (including phenoxy) is 2. The van der Waals surface area contributed by atoms with Crippen LogP contribution in [-0.4, -0.2) is 20.1 Å². The summed E-state index contributed by atoms with van der Waals surface area (Å²) >= 11 is 0. The quantitative estimate of drug-likeness (QED) is 0.791. The summed E-state index contributed by atoms with van der Waals surface area (Å²) in [5.74, 6) is 0.373. The molecule has 0 aliphatic carbocycles. The molecule has 0 bridgehead atoms. The van der Waals surface area contributed by atoms with Crippen LogP contribution in [0.4, 0.5) is 4.39 Å². The molecule has 0 saturated carbocycles. The van der Waals surface area contributed by atoms with Crippen molar-refractivity contribution in [3.63, 3.8) is 0 Å². The van der Waals surface area contributed by atoms with Crippen LogP contribution in [0.3, 0.4) is 0 Å². The van der Waals surface area contributed by atoms with E-state index in [2.05, 4.69) is 11.9 Å². The second-order valence-electron chi connectivity index (χ2n) is 5.14. The lowest BCUT2D eigenvalue weighted by Gasteiger charge is -2.14. The van der Waals surface area contributed by atoms with E-state index in [1.54, 1.807) is 43.5 Å². The molecule has 5 heteroatoms. The lowest BCUT2D eigenvalue weighted by Crippen LogP contribution is -2.23. The van der Waals surface area contributed by atoms with Gasteiger partial charge in [0.15, 0.2) is 11.5 Å². The zero-order chi connectivity index (χ0) is 17.5. The molecule has 0 aliphatic rings. The summed E-state index contributed by atoms with van der Waals surface area (Å²) in [6.45, 7) is 3.82. The highest BCUT2D eigenvalue weighted by Crippen LogP contribution is 2.33. The van der Waals surface area contributed by atoms with Gasteiger partial charge in [0.05, 0.1) is 14.2 Å². The Balaban J connectivity index is 2.24. The topological polar surface area (TPSA) is 47.6 Å². The highest BCUT2D eigenvalue weighted by atomic mass is 19.1. The molecule has 0 fully saturated rings. The van der Waals surface area contributed by atoms with Crippen LogP contribution < -0.4 is 14.8 Å². The fraction of sp³-hybridized carbons (Fsp3) is 0.211. The molecule has 24 heavy (non-hydrogen) atoms. The van der Waals surface area contributed by atoms with Gasteiger partial charge >= 0.3 is 0 Å². The Kier molecular flexibility index (Phi) is 5.95. The second-order valence-corrected chi connectivity index (χ2v) is 5.14. The number of nitrogens with one attached hydrogen (secondary N) is 1. The van der Waals surface area contributed by atoms with E-state index in [1.165, 1.54) is 13.2 Å². The van der Waals surface area contributed by atoms with Crippen LogP contribution in [0.5, 0.6) is 11.5 Å². The first-order chi connectivity index (χ1) is 11.6. The van der Waals surface area contributed by atoms with Crippen LogP contribution in [0.15, 0.2) is 49.1 Å². The maximum absolute atomic E-state index is 13.6. The predicted molar refractivity (Wildman–Crippen MR) is 91.0 cm³/mol. The van der Waals surface area contributed by atoms with Crippen molar-refractivity contribution in [1.29, 1.82) is 0 Å². The lowest BCUT2D eigenvalue weighted by molar-refractivity contribution is 0.0950. The normalized spacial score (nSPS) is 10.1. The fourth-order valence-electron chi connectivity index (χ4n) is 2.40. The van der Waals surface area contributed by atoms with Gasteiger partial charge in [-0.3, -0.25) is 4.79 Å².